The lowest BCUT2D eigenvalue weighted by Crippen LogP contribution is -2.45. The van der Waals surface area contributed by atoms with Gasteiger partial charge in [-0.25, -0.2) is 17.9 Å². The van der Waals surface area contributed by atoms with Gasteiger partial charge in [-0.05, 0) is 38.7 Å². The van der Waals surface area contributed by atoms with Crippen molar-refractivity contribution in [1.82, 2.24) is 28.5 Å². The van der Waals surface area contributed by atoms with Gasteiger partial charge in [0.05, 0.1) is 31.2 Å². The first-order valence-electron chi connectivity index (χ1n) is 12.6. The molecule has 5 rings (SSSR count). The Bertz CT molecular complexity index is 1590. The molecule has 0 aromatic carbocycles. The molecule has 0 atom stereocenters. The highest BCUT2D eigenvalue weighted by molar-refractivity contribution is 7.91. The van der Waals surface area contributed by atoms with Crippen LogP contribution in [0.5, 0.6) is 0 Å². The van der Waals surface area contributed by atoms with Gasteiger partial charge >= 0.3 is 5.69 Å². The largest absolute Gasteiger partial charge is 0.384 e. The van der Waals surface area contributed by atoms with E-state index in [2.05, 4.69) is 9.82 Å². The van der Waals surface area contributed by atoms with Gasteiger partial charge in [0.1, 0.15) is 9.04 Å². The van der Waals surface area contributed by atoms with Crippen molar-refractivity contribution in [2.75, 3.05) is 26.8 Å². The summed E-state index contributed by atoms with van der Waals surface area (Å²) in [7, 11) is -0.567. The Labute approximate surface area is 223 Å². The molecule has 38 heavy (non-hydrogen) atoms. The Balaban J connectivity index is 1.56. The molecule has 0 unspecified atom stereocenters. The van der Waals surface area contributed by atoms with Crippen molar-refractivity contribution in [2.45, 2.75) is 61.4 Å². The van der Waals surface area contributed by atoms with E-state index >= 15 is 0 Å². The summed E-state index contributed by atoms with van der Waals surface area (Å²) in [5, 5.41) is 4.32. The van der Waals surface area contributed by atoms with Gasteiger partial charge in [0, 0.05) is 50.6 Å². The van der Waals surface area contributed by atoms with Crippen LogP contribution in [-0.2, 0) is 33.1 Å². The number of piperidine rings is 1. The molecule has 1 amide bonds. The molecule has 0 radical (unpaired) electrons. The number of hydrogen-bond acceptors (Lipinski definition) is 8. The van der Waals surface area contributed by atoms with Crippen molar-refractivity contribution in [1.29, 1.82) is 0 Å². The number of aryl methyl sites for hydroxylation is 1. The number of ether oxygens (including phenoxy) is 1. The van der Waals surface area contributed by atoms with Crippen molar-refractivity contribution in [2.24, 2.45) is 7.05 Å². The van der Waals surface area contributed by atoms with Crippen LogP contribution in [0.4, 0.5) is 0 Å². The van der Waals surface area contributed by atoms with E-state index in [1.54, 1.807) is 40.7 Å². The number of likely N-dealkylation sites (tertiary alicyclic amines) is 1. The van der Waals surface area contributed by atoms with E-state index < -0.39 is 26.8 Å². The van der Waals surface area contributed by atoms with Gasteiger partial charge < -0.3 is 9.64 Å². The summed E-state index contributed by atoms with van der Waals surface area (Å²) in [5.41, 5.74) is -0.823. The van der Waals surface area contributed by atoms with Crippen molar-refractivity contribution in [3.8, 4) is 0 Å². The van der Waals surface area contributed by atoms with Crippen LogP contribution >= 0.6 is 11.3 Å². The molecule has 206 valence electrons. The highest BCUT2D eigenvalue weighted by Crippen LogP contribution is 2.38. The lowest BCUT2D eigenvalue weighted by atomic mass is 10.0. The molecule has 0 spiro atoms. The van der Waals surface area contributed by atoms with Crippen LogP contribution in [0.1, 0.15) is 50.6 Å². The third kappa shape index (κ3) is 5.22. The number of carbonyl (C=O) groups is 1. The van der Waals surface area contributed by atoms with E-state index in [0.717, 1.165) is 28.7 Å². The number of fused-ring (bicyclic) bond motifs is 1. The second-order valence-electron chi connectivity index (χ2n) is 10.4. The number of amides is 1. The summed E-state index contributed by atoms with van der Waals surface area (Å²) in [6.07, 6.45) is 6.13. The van der Waals surface area contributed by atoms with Crippen LogP contribution in [0.2, 0.25) is 0 Å². The van der Waals surface area contributed by atoms with Crippen molar-refractivity contribution < 1.29 is 17.9 Å². The Kier molecular flexibility index (Phi) is 7.09. The summed E-state index contributed by atoms with van der Waals surface area (Å²) in [6, 6.07) is 1.09. The van der Waals surface area contributed by atoms with E-state index in [1.165, 1.54) is 6.07 Å². The molecule has 2 fully saturated rings. The number of carbonyl (C=O) groups excluding carboxylic acids is 1. The molecule has 2 aliphatic rings. The minimum atomic E-state index is -3.86. The van der Waals surface area contributed by atoms with E-state index in [9.17, 15) is 22.8 Å². The quantitative estimate of drug-likeness (QED) is 0.410. The van der Waals surface area contributed by atoms with Crippen LogP contribution in [0.3, 0.4) is 0 Å². The lowest BCUT2D eigenvalue weighted by molar-refractivity contribution is -0.133. The molecular formula is C24H32N6O6S2. The zero-order chi connectivity index (χ0) is 27.2. The molecule has 1 saturated carbocycles. The Hall–Kier alpha value is -2.81. The predicted molar refractivity (Wildman–Crippen MR) is 142 cm³/mol. The number of sulfonamides is 1. The Morgan fingerprint density at radius 1 is 1.26 bits per heavy atom. The predicted octanol–water partition coefficient (Wildman–Crippen LogP) is 1.04. The molecule has 3 aromatic rings. The molecule has 14 heteroatoms. The van der Waals surface area contributed by atoms with Crippen LogP contribution in [0, 0.1) is 0 Å². The van der Waals surface area contributed by atoms with Gasteiger partial charge in [-0.15, -0.1) is 11.3 Å². The average Bonchev–Trinajstić information content (AvgIpc) is 3.24. The summed E-state index contributed by atoms with van der Waals surface area (Å²) in [6.45, 7) is 3.12. The topological polar surface area (TPSA) is 138 Å². The second kappa shape index (κ2) is 10.1. The van der Waals surface area contributed by atoms with E-state index in [1.807, 2.05) is 6.92 Å². The molecular weight excluding hydrogens is 532 g/mol. The second-order valence-corrected chi connectivity index (χ2v) is 13.3. The number of rotatable bonds is 9. The van der Waals surface area contributed by atoms with E-state index in [-0.39, 0.29) is 28.1 Å². The normalized spacial score (nSPS) is 17.8. The van der Waals surface area contributed by atoms with Crippen LogP contribution in [0.15, 0.2) is 32.3 Å². The van der Waals surface area contributed by atoms with E-state index in [0.29, 0.717) is 49.4 Å². The number of hydrogen-bond donors (Lipinski definition) is 1. The number of methoxy groups -OCH3 is 1. The minimum Gasteiger partial charge on any atom is -0.384 e. The van der Waals surface area contributed by atoms with Crippen molar-refractivity contribution >= 4 is 37.5 Å². The fourth-order valence-corrected chi connectivity index (χ4v) is 7.83. The fraction of sp³-hybridized carbons (Fsp3) is 0.583. The first-order chi connectivity index (χ1) is 18.0. The van der Waals surface area contributed by atoms with Gasteiger partial charge in [0.2, 0.25) is 5.91 Å². The van der Waals surface area contributed by atoms with Crippen molar-refractivity contribution in [3.05, 3.63) is 44.9 Å². The number of nitrogens with zero attached hydrogens (tertiary/aromatic N) is 5. The monoisotopic (exact) mass is 564 g/mol. The highest BCUT2D eigenvalue weighted by atomic mass is 32.2. The number of nitrogens with one attached hydrogen (secondary N) is 1. The summed E-state index contributed by atoms with van der Waals surface area (Å²) in [5.74, 6) is -0.00603. The molecule has 1 saturated heterocycles. The molecule has 0 bridgehead atoms. The first-order valence-corrected chi connectivity index (χ1v) is 14.9. The van der Waals surface area contributed by atoms with Crippen molar-refractivity contribution in [3.63, 3.8) is 0 Å². The van der Waals surface area contributed by atoms with Crippen LogP contribution < -0.4 is 16.0 Å². The Morgan fingerprint density at radius 2 is 1.97 bits per heavy atom. The van der Waals surface area contributed by atoms with Crippen LogP contribution in [0.25, 0.3) is 10.2 Å². The third-order valence-corrected chi connectivity index (χ3v) is 10.5. The highest BCUT2D eigenvalue weighted by Gasteiger charge is 2.42. The summed E-state index contributed by atoms with van der Waals surface area (Å²) < 4.78 is 38.4. The molecule has 1 aliphatic heterocycles. The number of thiophene rings is 1. The average molecular weight is 565 g/mol. The zero-order valence-corrected chi connectivity index (χ0v) is 23.3. The lowest BCUT2D eigenvalue weighted by Gasteiger charge is -2.33. The van der Waals surface area contributed by atoms with Crippen LogP contribution in [-0.4, -0.2) is 70.5 Å². The summed E-state index contributed by atoms with van der Waals surface area (Å²) >= 11 is 0.944. The van der Waals surface area contributed by atoms with Gasteiger partial charge in [-0.2, -0.15) is 5.10 Å². The molecule has 1 N–H and O–H groups in total. The summed E-state index contributed by atoms with van der Waals surface area (Å²) in [4.78, 5) is 41.9. The third-order valence-electron chi connectivity index (χ3n) is 7.27. The van der Waals surface area contributed by atoms with Gasteiger partial charge in [-0.3, -0.25) is 23.4 Å². The maximum absolute atomic E-state index is 13.8. The van der Waals surface area contributed by atoms with Gasteiger partial charge in [0.15, 0.2) is 0 Å². The molecule has 4 heterocycles. The standard InChI is InChI=1S/C24H32N6O6S2/c1-24(7-8-24)26-38(34,35)20-12-18-21(32)29(15-16-13-25-27(2)14-16)23(33)30(22(18)37-20)17-4-9-28(10-5-17)19(31)6-11-36-3/h12-14,17,26H,4-11,15H2,1-3H3. The SMILES string of the molecule is COCCC(=O)N1CCC(n2c(=O)n(Cc3cnn(C)c3)c(=O)c3cc(S(=O)(=O)NC4(C)CC4)sc32)CC1. The number of aromatic nitrogens is 4. The maximum Gasteiger partial charge on any atom is 0.332 e. The molecule has 12 nitrogen and oxygen atoms in total. The molecule has 1 aliphatic carbocycles. The minimum absolute atomic E-state index is 0.00603. The van der Waals surface area contributed by atoms with E-state index in [4.69, 9.17) is 4.74 Å². The van der Waals surface area contributed by atoms with Gasteiger partial charge in [-0.1, -0.05) is 0 Å². The zero-order valence-electron chi connectivity index (χ0n) is 21.7. The Morgan fingerprint density at radius 3 is 2.58 bits per heavy atom. The molecule has 3 aromatic heterocycles. The maximum atomic E-state index is 13.8. The van der Waals surface area contributed by atoms with Gasteiger partial charge in [0.25, 0.3) is 15.6 Å². The smallest absolute Gasteiger partial charge is 0.332 e. The fourth-order valence-electron chi connectivity index (χ4n) is 4.86. The first kappa shape index (κ1) is 26.8.